The minimum absolute atomic E-state index is 0.0658. The van der Waals surface area contributed by atoms with Crippen molar-refractivity contribution in [3.63, 3.8) is 0 Å². The van der Waals surface area contributed by atoms with Crippen molar-refractivity contribution in [3.8, 4) is 11.5 Å². The molecule has 1 heterocycles. The highest BCUT2D eigenvalue weighted by molar-refractivity contribution is 5.97. The summed E-state index contributed by atoms with van der Waals surface area (Å²) in [6.45, 7) is -3.16. The number of hydrogen-bond acceptors (Lipinski definition) is 6. The molecular formula is C16H16F2N2O6. The van der Waals surface area contributed by atoms with Crippen LogP contribution in [-0.2, 0) is 14.3 Å². The Bertz CT molecular complexity index is 723. The van der Waals surface area contributed by atoms with Gasteiger partial charge in [-0.2, -0.15) is 8.78 Å². The predicted octanol–water partition coefficient (Wildman–Crippen LogP) is 1.40. The number of benzene rings is 1. The van der Waals surface area contributed by atoms with Gasteiger partial charge in [0.2, 0.25) is 0 Å². The number of esters is 1. The third-order valence-electron chi connectivity index (χ3n) is 3.33. The number of hydrogen-bond donors (Lipinski definition) is 1. The number of ether oxygens (including phenoxy) is 3. The highest BCUT2D eigenvalue weighted by atomic mass is 19.3. The van der Waals surface area contributed by atoms with Crippen molar-refractivity contribution in [1.29, 1.82) is 0 Å². The van der Waals surface area contributed by atoms with E-state index < -0.39 is 31.1 Å². The second kappa shape index (κ2) is 8.79. The zero-order chi connectivity index (χ0) is 19.1. The summed E-state index contributed by atoms with van der Waals surface area (Å²) in [5, 5.41) is 2.44. The lowest BCUT2D eigenvalue weighted by atomic mass is 10.1. The SMILES string of the molecule is COc1cccc(/C=C/C(=O)OCC(=O)N2CCNC2=O)c1OC(F)F. The zero-order valence-corrected chi connectivity index (χ0v) is 13.7. The molecule has 1 aromatic rings. The number of imide groups is 1. The number of urea groups is 1. The van der Waals surface area contributed by atoms with Gasteiger partial charge in [0, 0.05) is 24.7 Å². The van der Waals surface area contributed by atoms with Gasteiger partial charge in [-0.1, -0.05) is 12.1 Å². The van der Waals surface area contributed by atoms with Gasteiger partial charge in [0.05, 0.1) is 7.11 Å². The molecule has 1 saturated heterocycles. The molecule has 1 N–H and O–H groups in total. The number of nitrogens with one attached hydrogen (secondary N) is 1. The number of methoxy groups -OCH3 is 1. The summed E-state index contributed by atoms with van der Waals surface area (Å²) < 4.78 is 39.2. The van der Waals surface area contributed by atoms with E-state index in [2.05, 4.69) is 10.1 Å². The molecule has 3 amide bonds. The van der Waals surface area contributed by atoms with Crippen LogP contribution >= 0.6 is 0 Å². The first kappa shape index (κ1) is 19.2. The maximum atomic E-state index is 12.5. The highest BCUT2D eigenvalue weighted by Crippen LogP contribution is 2.33. The van der Waals surface area contributed by atoms with Crippen LogP contribution in [0.5, 0.6) is 11.5 Å². The number of rotatable bonds is 7. The minimum Gasteiger partial charge on any atom is -0.493 e. The van der Waals surface area contributed by atoms with Crippen molar-refractivity contribution in [3.05, 3.63) is 29.8 Å². The fourth-order valence-corrected chi connectivity index (χ4v) is 2.17. The topological polar surface area (TPSA) is 94.2 Å². The van der Waals surface area contributed by atoms with Crippen molar-refractivity contribution in [2.45, 2.75) is 6.61 Å². The smallest absolute Gasteiger partial charge is 0.387 e. The average Bonchev–Trinajstić information content (AvgIpc) is 3.04. The molecule has 0 bridgehead atoms. The van der Waals surface area contributed by atoms with Crippen LogP contribution in [0, 0.1) is 0 Å². The Labute approximate surface area is 147 Å². The lowest BCUT2D eigenvalue weighted by Crippen LogP contribution is -2.37. The molecule has 2 rings (SSSR count). The molecule has 8 nitrogen and oxygen atoms in total. The molecule has 140 valence electrons. The number of carbonyl (C=O) groups excluding carboxylic acids is 3. The molecule has 0 aliphatic carbocycles. The Morgan fingerprint density at radius 3 is 2.77 bits per heavy atom. The second-order valence-electron chi connectivity index (χ2n) is 4.98. The Balaban J connectivity index is 1.99. The average molecular weight is 370 g/mol. The van der Waals surface area contributed by atoms with Crippen LogP contribution in [0.1, 0.15) is 5.56 Å². The molecule has 0 aromatic heterocycles. The Morgan fingerprint density at radius 1 is 1.38 bits per heavy atom. The fourth-order valence-electron chi connectivity index (χ4n) is 2.17. The van der Waals surface area contributed by atoms with Gasteiger partial charge in [-0.3, -0.25) is 9.69 Å². The van der Waals surface area contributed by atoms with E-state index in [-0.39, 0.29) is 23.6 Å². The Morgan fingerprint density at radius 2 is 2.15 bits per heavy atom. The first-order valence-electron chi connectivity index (χ1n) is 7.47. The summed E-state index contributed by atoms with van der Waals surface area (Å²) in [6.07, 6.45) is 2.14. The number of carbonyl (C=O) groups is 3. The molecule has 10 heteroatoms. The van der Waals surface area contributed by atoms with E-state index in [0.29, 0.717) is 6.54 Å². The lowest BCUT2D eigenvalue weighted by molar-refractivity contribution is -0.146. The van der Waals surface area contributed by atoms with Crippen LogP contribution in [0.25, 0.3) is 6.08 Å². The third kappa shape index (κ3) is 4.91. The standard InChI is InChI=1S/C16H16F2N2O6/c1-24-11-4-2-3-10(14(11)26-15(17)18)5-6-13(22)25-9-12(21)20-8-7-19-16(20)23/h2-6,15H,7-9H2,1H3,(H,19,23)/b6-5+. The van der Waals surface area contributed by atoms with Gasteiger partial charge in [0.1, 0.15) is 0 Å². The van der Waals surface area contributed by atoms with Crippen molar-refractivity contribution in [2.24, 2.45) is 0 Å². The van der Waals surface area contributed by atoms with E-state index in [0.717, 1.165) is 11.0 Å². The van der Waals surface area contributed by atoms with E-state index in [9.17, 15) is 23.2 Å². The van der Waals surface area contributed by atoms with Gasteiger partial charge in [-0.05, 0) is 12.1 Å². The van der Waals surface area contributed by atoms with E-state index in [1.165, 1.54) is 31.4 Å². The van der Waals surface area contributed by atoms with Crippen LogP contribution in [0.4, 0.5) is 13.6 Å². The van der Waals surface area contributed by atoms with Crippen molar-refractivity contribution >= 4 is 24.0 Å². The fraction of sp³-hybridized carbons (Fsp3) is 0.312. The summed E-state index contributed by atoms with van der Waals surface area (Å²) in [5.41, 5.74) is 0.159. The van der Waals surface area contributed by atoms with Gasteiger partial charge in [-0.25, -0.2) is 9.59 Å². The quantitative estimate of drug-likeness (QED) is 0.576. The molecule has 0 saturated carbocycles. The van der Waals surface area contributed by atoms with Gasteiger partial charge in [0.25, 0.3) is 5.91 Å². The van der Waals surface area contributed by atoms with Crippen molar-refractivity contribution < 1.29 is 37.4 Å². The van der Waals surface area contributed by atoms with Gasteiger partial charge in [0.15, 0.2) is 18.1 Å². The molecule has 1 aliphatic heterocycles. The zero-order valence-electron chi connectivity index (χ0n) is 13.7. The third-order valence-corrected chi connectivity index (χ3v) is 3.33. The monoisotopic (exact) mass is 370 g/mol. The number of alkyl halides is 2. The van der Waals surface area contributed by atoms with Crippen LogP contribution in [0.15, 0.2) is 24.3 Å². The summed E-state index contributed by atoms with van der Waals surface area (Å²) in [6, 6.07) is 3.83. The Hall–Kier alpha value is -3.17. The van der Waals surface area contributed by atoms with Crippen LogP contribution in [0.3, 0.4) is 0 Å². The summed E-state index contributed by atoms with van der Waals surface area (Å²) in [5.74, 6) is -1.72. The first-order valence-corrected chi connectivity index (χ1v) is 7.47. The van der Waals surface area contributed by atoms with E-state index in [1.807, 2.05) is 0 Å². The van der Waals surface area contributed by atoms with Gasteiger partial charge < -0.3 is 19.5 Å². The first-order chi connectivity index (χ1) is 12.4. The van der Waals surface area contributed by atoms with Crippen molar-refractivity contribution in [1.82, 2.24) is 10.2 Å². The van der Waals surface area contributed by atoms with E-state index >= 15 is 0 Å². The molecule has 0 spiro atoms. The minimum atomic E-state index is -3.07. The normalized spacial score (nSPS) is 13.8. The summed E-state index contributed by atoms with van der Waals surface area (Å²) in [7, 11) is 1.29. The van der Waals surface area contributed by atoms with Gasteiger partial charge >= 0.3 is 18.6 Å². The molecule has 26 heavy (non-hydrogen) atoms. The number of para-hydroxylation sites is 1. The molecule has 0 unspecified atom stereocenters. The maximum Gasteiger partial charge on any atom is 0.387 e. The molecule has 0 radical (unpaired) electrons. The molecule has 1 aromatic carbocycles. The summed E-state index contributed by atoms with van der Waals surface area (Å²) >= 11 is 0. The van der Waals surface area contributed by atoms with Crippen LogP contribution in [0.2, 0.25) is 0 Å². The van der Waals surface area contributed by atoms with Gasteiger partial charge in [-0.15, -0.1) is 0 Å². The number of halogens is 2. The van der Waals surface area contributed by atoms with Crippen LogP contribution in [-0.4, -0.2) is 56.2 Å². The number of nitrogens with zero attached hydrogens (tertiary/aromatic N) is 1. The predicted molar refractivity (Wildman–Crippen MR) is 84.7 cm³/mol. The highest BCUT2D eigenvalue weighted by Gasteiger charge is 2.26. The number of amides is 3. The van der Waals surface area contributed by atoms with E-state index in [4.69, 9.17) is 9.47 Å². The molecule has 0 atom stereocenters. The molecule has 1 aliphatic rings. The Kier molecular flexibility index (Phi) is 6.48. The van der Waals surface area contributed by atoms with Crippen molar-refractivity contribution in [2.75, 3.05) is 26.8 Å². The molecular weight excluding hydrogens is 354 g/mol. The molecule has 1 fully saturated rings. The summed E-state index contributed by atoms with van der Waals surface area (Å²) in [4.78, 5) is 35.7. The van der Waals surface area contributed by atoms with Crippen LogP contribution < -0.4 is 14.8 Å². The largest absolute Gasteiger partial charge is 0.493 e. The van der Waals surface area contributed by atoms with E-state index in [1.54, 1.807) is 0 Å². The lowest BCUT2D eigenvalue weighted by Gasteiger charge is -2.12. The second-order valence-corrected chi connectivity index (χ2v) is 4.98. The maximum absolute atomic E-state index is 12.5.